The Bertz CT molecular complexity index is 715. The number of hydrogen-bond acceptors (Lipinski definition) is 3. The van der Waals surface area contributed by atoms with Gasteiger partial charge in [0.2, 0.25) is 5.91 Å². The molecule has 1 aromatic heterocycles. The smallest absolute Gasteiger partial charge is 0.324 e. The van der Waals surface area contributed by atoms with Crippen LogP contribution in [0.25, 0.3) is 0 Å². The maximum Gasteiger partial charge on any atom is 0.416 e. The summed E-state index contributed by atoms with van der Waals surface area (Å²) in [6.07, 6.45) is -1.27. The van der Waals surface area contributed by atoms with Gasteiger partial charge in [-0.05, 0) is 31.7 Å². The second-order valence-corrected chi connectivity index (χ2v) is 5.19. The number of hydrogen-bond donors (Lipinski definition) is 2. The lowest BCUT2D eigenvalue weighted by Gasteiger charge is -2.17. The van der Waals surface area contributed by atoms with E-state index in [0.717, 1.165) is 12.1 Å². The zero-order chi connectivity index (χ0) is 17.2. The minimum absolute atomic E-state index is 0. The number of carbonyl (C=O) groups excluding carboxylic acids is 1. The number of likely N-dealkylation sites (N-methyl/N-ethyl adjacent to an activating group) is 1. The molecule has 0 saturated carbocycles. The molecular weight excluding hydrogens is 345 g/mol. The summed E-state index contributed by atoms with van der Waals surface area (Å²) >= 11 is 0. The SMILES string of the molecule is CNC(C(=O)Nc1cc(C(F)(F)F)ccc1C)c1cnn(C)c1.Cl. The van der Waals surface area contributed by atoms with E-state index < -0.39 is 23.7 Å². The first-order valence-electron chi connectivity index (χ1n) is 6.87. The van der Waals surface area contributed by atoms with Gasteiger partial charge in [0.15, 0.2) is 0 Å². The molecule has 0 aliphatic heterocycles. The van der Waals surface area contributed by atoms with Crippen molar-refractivity contribution < 1.29 is 18.0 Å². The molecule has 0 saturated heterocycles. The van der Waals surface area contributed by atoms with Gasteiger partial charge in [0.05, 0.1) is 11.8 Å². The highest BCUT2D eigenvalue weighted by Crippen LogP contribution is 2.32. The molecule has 2 N–H and O–H groups in total. The van der Waals surface area contributed by atoms with Crippen LogP contribution in [0, 0.1) is 6.92 Å². The molecule has 2 rings (SSSR count). The van der Waals surface area contributed by atoms with Gasteiger partial charge in [0.25, 0.3) is 0 Å². The Hall–Kier alpha value is -2.06. The van der Waals surface area contributed by atoms with Crippen LogP contribution in [-0.4, -0.2) is 22.7 Å². The molecule has 9 heteroatoms. The van der Waals surface area contributed by atoms with E-state index in [1.807, 2.05) is 0 Å². The molecule has 1 unspecified atom stereocenters. The Labute approximate surface area is 143 Å². The van der Waals surface area contributed by atoms with Crippen molar-refractivity contribution in [1.82, 2.24) is 15.1 Å². The topological polar surface area (TPSA) is 59.0 Å². The Morgan fingerprint density at radius 3 is 2.50 bits per heavy atom. The van der Waals surface area contributed by atoms with Crippen LogP contribution in [0.15, 0.2) is 30.6 Å². The molecule has 0 spiro atoms. The van der Waals surface area contributed by atoms with Crippen molar-refractivity contribution in [2.24, 2.45) is 7.05 Å². The number of halogens is 4. The van der Waals surface area contributed by atoms with Gasteiger partial charge in [-0.15, -0.1) is 12.4 Å². The van der Waals surface area contributed by atoms with E-state index in [0.29, 0.717) is 11.1 Å². The van der Waals surface area contributed by atoms with Gasteiger partial charge in [-0.2, -0.15) is 18.3 Å². The normalized spacial score (nSPS) is 12.4. The molecule has 0 radical (unpaired) electrons. The first kappa shape index (κ1) is 20.0. The summed E-state index contributed by atoms with van der Waals surface area (Å²) in [5, 5.41) is 9.36. The summed E-state index contributed by atoms with van der Waals surface area (Å²) in [6.45, 7) is 1.63. The van der Waals surface area contributed by atoms with Crippen molar-refractivity contribution >= 4 is 24.0 Å². The van der Waals surface area contributed by atoms with E-state index in [1.165, 1.54) is 12.3 Å². The number of rotatable bonds is 4. The molecule has 1 aromatic carbocycles. The Morgan fingerprint density at radius 1 is 1.33 bits per heavy atom. The summed E-state index contributed by atoms with van der Waals surface area (Å²) in [4.78, 5) is 12.4. The largest absolute Gasteiger partial charge is 0.416 e. The van der Waals surface area contributed by atoms with Crippen LogP contribution >= 0.6 is 12.4 Å². The third-order valence-electron chi connectivity index (χ3n) is 3.43. The summed E-state index contributed by atoms with van der Waals surface area (Å²) in [5.74, 6) is -0.456. The molecule has 1 amide bonds. The maximum absolute atomic E-state index is 12.8. The molecule has 1 atom stereocenters. The quantitative estimate of drug-likeness (QED) is 0.878. The van der Waals surface area contributed by atoms with Crippen LogP contribution in [0.2, 0.25) is 0 Å². The Balaban J connectivity index is 0.00000288. The average molecular weight is 363 g/mol. The lowest BCUT2D eigenvalue weighted by molar-refractivity contribution is -0.137. The number of nitrogens with one attached hydrogen (secondary N) is 2. The number of benzene rings is 1. The van der Waals surface area contributed by atoms with Crippen molar-refractivity contribution in [3.05, 3.63) is 47.3 Å². The number of carbonyl (C=O) groups is 1. The molecule has 2 aromatic rings. The van der Waals surface area contributed by atoms with Crippen molar-refractivity contribution in [1.29, 1.82) is 0 Å². The molecule has 1 heterocycles. The van der Waals surface area contributed by atoms with Gasteiger partial charge in [0.1, 0.15) is 6.04 Å². The van der Waals surface area contributed by atoms with Gasteiger partial charge >= 0.3 is 6.18 Å². The van der Waals surface area contributed by atoms with Gasteiger partial charge in [-0.1, -0.05) is 6.07 Å². The highest BCUT2D eigenvalue weighted by Gasteiger charge is 2.31. The zero-order valence-corrected chi connectivity index (χ0v) is 14.1. The third-order valence-corrected chi connectivity index (χ3v) is 3.43. The van der Waals surface area contributed by atoms with Crippen molar-refractivity contribution in [3.8, 4) is 0 Å². The van der Waals surface area contributed by atoms with Gasteiger partial charge in [0, 0.05) is 24.5 Å². The molecule has 0 fully saturated rings. The van der Waals surface area contributed by atoms with Gasteiger partial charge < -0.3 is 10.6 Å². The predicted octanol–water partition coefficient (Wildman–Crippen LogP) is 3.07. The van der Waals surface area contributed by atoms with E-state index in [4.69, 9.17) is 0 Å². The zero-order valence-electron chi connectivity index (χ0n) is 13.3. The second-order valence-electron chi connectivity index (χ2n) is 5.19. The fraction of sp³-hybridized carbons (Fsp3) is 0.333. The van der Waals surface area contributed by atoms with E-state index in [-0.39, 0.29) is 18.1 Å². The molecular formula is C15H18ClF3N4O. The van der Waals surface area contributed by atoms with Gasteiger partial charge in [-0.3, -0.25) is 9.48 Å². The standard InChI is InChI=1S/C15H17F3N4O.ClH/c1-9-4-5-11(15(16,17)18)6-12(9)21-14(23)13(19-2)10-7-20-22(3)8-10;/h4-8,13,19H,1-3H3,(H,21,23);1H. The number of amides is 1. The average Bonchev–Trinajstić information content (AvgIpc) is 2.87. The molecule has 24 heavy (non-hydrogen) atoms. The lowest BCUT2D eigenvalue weighted by Crippen LogP contribution is -2.30. The lowest BCUT2D eigenvalue weighted by atomic mass is 10.1. The predicted molar refractivity (Wildman–Crippen MR) is 87.1 cm³/mol. The summed E-state index contributed by atoms with van der Waals surface area (Å²) in [5.41, 5.74) is 0.499. The number of aromatic nitrogens is 2. The molecule has 132 valence electrons. The van der Waals surface area contributed by atoms with Crippen LogP contribution in [0.5, 0.6) is 0 Å². The summed E-state index contributed by atoms with van der Waals surface area (Å²) in [6, 6.07) is 2.54. The number of alkyl halides is 3. The molecule has 5 nitrogen and oxygen atoms in total. The summed E-state index contributed by atoms with van der Waals surface area (Å²) < 4.78 is 39.9. The minimum atomic E-state index is -4.46. The molecule has 0 aliphatic rings. The van der Waals surface area contributed by atoms with Crippen molar-refractivity contribution in [2.45, 2.75) is 19.1 Å². The second kappa shape index (κ2) is 7.67. The van der Waals surface area contributed by atoms with Crippen molar-refractivity contribution in [3.63, 3.8) is 0 Å². The fourth-order valence-corrected chi connectivity index (χ4v) is 2.18. The molecule has 0 aliphatic carbocycles. The fourth-order valence-electron chi connectivity index (χ4n) is 2.18. The number of anilines is 1. The van der Waals surface area contributed by atoms with Crippen LogP contribution in [0.1, 0.15) is 22.7 Å². The van der Waals surface area contributed by atoms with Crippen LogP contribution < -0.4 is 10.6 Å². The highest BCUT2D eigenvalue weighted by atomic mass is 35.5. The third kappa shape index (κ3) is 4.48. The van der Waals surface area contributed by atoms with E-state index in [9.17, 15) is 18.0 Å². The first-order chi connectivity index (χ1) is 10.7. The summed E-state index contributed by atoms with van der Waals surface area (Å²) in [7, 11) is 3.31. The Kier molecular flexibility index (Phi) is 6.39. The van der Waals surface area contributed by atoms with E-state index >= 15 is 0 Å². The minimum Gasteiger partial charge on any atom is -0.324 e. The van der Waals surface area contributed by atoms with E-state index in [2.05, 4.69) is 15.7 Å². The molecule has 0 bridgehead atoms. The monoisotopic (exact) mass is 362 g/mol. The van der Waals surface area contributed by atoms with Crippen LogP contribution in [0.4, 0.5) is 18.9 Å². The van der Waals surface area contributed by atoms with Crippen LogP contribution in [0.3, 0.4) is 0 Å². The number of aryl methyl sites for hydroxylation is 2. The van der Waals surface area contributed by atoms with Crippen LogP contribution in [-0.2, 0) is 18.0 Å². The number of nitrogens with zero attached hydrogens (tertiary/aromatic N) is 2. The first-order valence-corrected chi connectivity index (χ1v) is 6.87. The van der Waals surface area contributed by atoms with Crippen molar-refractivity contribution in [2.75, 3.05) is 12.4 Å². The van der Waals surface area contributed by atoms with Gasteiger partial charge in [-0.25, -0.2) is 0 Å². The van der Waals surface area contributed by atoms with E-state index in [1.54, 1.807) is 31.9 Å². The highest BCUT2D eigenvalue weighted by molar-refractivity contribution is 5.96. The Morgan fingerprint density at radius 2 is 2.00 bits per heavy atom. The maximum atomic E-state index is 12.8.